The van der Waals surface area contributed by atoms with Crippen LogP contribution in [0.1, 0.15) is 12.8 Å². The van der Waals surface area contributed by atoms with Crippen molar-refractivity contribution in [1.82, 2.24) is 4.57 Å². The van der Waals surface area contributed by atoms with Gasteiger partial charge in [0.25, 0.3) is 9.05 Å². The van der Waals surface area contributed by atoms with Crippen molar-refractivity contribution in [1.29, 1.82) is 0 Å². The molecule has 1 aromatic heterocycles. The highest BCUT2D eigenvalue weighted by atomic mass is 35.7. The zero-order valence-corrected chi connectivity index (χ0v) is 12.8. The van der Waals surface area contributed by atoms with E-state index in [1.54, 1.807) is 6.07 Å². The maximum atomic E-state index is 13.4. The lowest BCUT2D eigenvalue weighted by Crippen LogP contribution is -2.20. The summed E-state index contributed by atoms with van der Waals surface area (Å²) < 4.78 is 43.9. The van der Waals surface area contributed by atoms with E-state index < -0.39 is 14.9 Å². The number of fused-ring (bicyclic) bond motifs is 1. The fourth-order valence-electron chi connectivity index (χ4n) is 2.79. The van der Waals surface area contributed by atoms with Gasteiger partial charge in [0.2, 0.25) is 0 Å². The first-order valence-corrected chi connectivity index (χ1v) is 9.07. The van der Waals surface area contributed by atoms with E-state index in [1.165, 1.54) is 18.3 Å². The van der Waals surface area contributed by atoms with E-state index in [0.29, 0.717) is 23.4 Å². The summed E-state index contributed by atoms with van der Waals surface area (Å²) in [5, 5.41) is 0.331. The molecular formula is C14H15ClFNO3S. The molecular weight excluding hydrogens is 317 g/mol. The number of halogens is 2. The highest BCUT2D eigenvalue weighted by molar-refractivity contribution is 8.14. The first-order valence-electron chi connectivity index (χ1n) is 6.76. The maximum absolute atomic E-state index is 13.4. The van der Waals surface area contributed by atoms with Crippen molar-refractivity contribution >= 4 is 30.6 Å². The second kappa shape index (κ2) is 5.59. The van der Waals surface area contributed by atoms with E-state index >= 15 is 0 Å². The lowest BCUT2D eigenvalue weighted by molar-refractivity contribution is 0.0616. The molecule has 1 saturated heterocycles. The fraction of sp³-hybridized carbons (Fsp3) is 0.429. The summed E-state index contributed by atoms with van der Waals surface area (Å²) in [7, 11) is 1.56. The largest absolute Gasteiger partial charge is 0.381 e. The van der Waals surface area contributed by atoms with Crippen molar-refractivity contribution in [2.45, 2.75) is 24.3 Å². The standard InChI is InChI=1S/C14H15ClFNO3S/c15-21(18,19)14-9-17(8-10-3-5-20-6-4-10)13-2-1-11(16)7-12(13)14/h1-2,7,9-10H,3-6,8H2. The van der Waals surface area contributed by atoms with Crippen LogP contribution in [0.3, 0.4) is 0 Å². The third-order valence-corrected chi connectivity index (χ3v) is 5.21. The first kappa shape index (κ1) is 14.8. The van der Waals surface area contributed by atoms with Gasteiger partial charge in [-0.05, 0) is 37.0 Å². The average Bonchev–Trinajstić information content (AvgIpc) is 2.78. The van der Waals surface area contributed by atoms with Crippen molar-refractivity contribution in [2.75, 3.05) is 13.2 Å². The number of ether oxygens (including phenoxy) is 1. The van der Waals surface area contributed by atoms with Crippen LogP contribution >= 0.6 is 10.7 Å². The third-order valence-electron chi connectivity index (χ3n) is 3.87. The number of rotatable bonds is 3. The topological polar surface area (TPSA) is 48.3 Å². The molecule has 0 bridgehead atoms. The monoisotopic (exact) mass is 331 g/mol. The molecule has 1 fully saturated rings. The van der Waals surface area contributed by atoms with Crippen LogP contribution in [0.2, 0.25) is 0 Å². The second-order valence-electron chi connectivity index (χ2n) is 5.30. The molecule has 0 aliphatic carbocycles. The smallest absolute Gasteiger partial charge is 0.263 e. The Kier molecular flexibility index (Phi) is 3.94. The highest BCUT2D eigenvalue weighted by Gasteiger charge is 2.21. The van der Waals surface area contributed by atoms with Crippen LogP contribution in [0.15, 0.2) is 29.3 Å². The summed E-state index contributed by atoms with van der Waals surface area (Å²) in [5.41, 5.74) is 0.683. The maximum Gasteiger partial charge on any atom is 0.263 e. The van der Waals surface area contributed by atoms with Crippen LogP contribution in [-0.4, -0.2) is 26.2 Å². The number of benzene rings is 1. The van der Waals surface area contributed by atoms with Gasteiger partial charge < -0.3 is 9.30 Å². The van der Waals surface area contributed by atoms with Crippen LogP contribution in [-0.2, 0) is 20.3 Å². The lowest BCUT2D eigenvalue weighted by atomic mass is 10.0. The normalized spacial score (nSPS) is 17.4. The average molecular weight is 332 g/mol. The summed E-state index contributed by atoms with van der Waals surface area (Å²) in [6.07, 6.45) is 3.37. The minimum absolute atomic E-state index is 0.0364. The zero-order valence-electron chi connectivity index (χ0n) is 11.3. The molecule has 0 spiro atoms. The first-order chi connectivity index (χ1) is 9.95. The fourth-order valence-corrected chi connectivity index (χ4v) is 3.84. The molecule has 1 aromatic carbocycles. The van der Waals surface area contributed by atoms with Gasteiger partial charge in [-0.3, -0.25) is 0 Å². The highest BCUT2D eigenvalue weighted by Crippen LogP contribution is 2.30. The Hall–Kier alpha value is -1.11. The van der Waals surface area contributed by atoms with E-state index in [0.717, 1.165) is 26.1 Å². The van der Waals surface area contributed by atoms with Gasteiger partial charge in [-0.1, -0.05) is 0 Å². The van der Waals surface area contributed by atoms with Crippen LogP contribution in [0, 0.1) is 11.7 Å². The van der Waals surface area contributed by atoms with E-state index in [-0.39, 0.29) is 4.90 Å². The molecule has 0 unspecified atom stereocenters. The number of aromatic nitrogens is 1. The lowest BCUT2D eigenvalue weighted by Gasteiger charge is -2.22. The van der Waals surface area contributed by atoms with Gasteiger partial charge >= 0.3 is 0 Å². The Morgan fingerprint density at radius 3 is 2.71 bits per heavy atom. The SMILES string of the molecule is O=S(=O)(Cl)c1cn(CC2CCOCC2)c2ccc(F)cc12. The molecule has 114 valence electrons. The molecule has 3 rings (SSSR count). The summed E-state index contributed by atoms with van der Waals surface area (Å²) >= 11 is 0. The van der Waals surface area contributed by atoms with Crippen molar-refractivity contribution in [2.24, 2.45) is 5.92 Å². The van der Waals surface area contributed by atoms with Crippen LogP contribution < -0.4 is 0 Å². The second-order valence-corrected chi connectivity index (χ2v) is 7.84. The molecule has 4 nitrogen and oxygen atoms in total. The molecule has 21 heavy (non-hydrogen) atoms. The molecule has 0 amide bonds. The molecule has 7 heteroatoms. The predicted molar refractivity (Wildman–Crippen MR) is 78.5 cm³/mol. The predicted octanol–water partition coefficient (Wildman–Crippen LogP) is 3.13. The molecule has 0 saturated carbocycles. The van der Waals surface area contributed by atoms with Crippen molar-refractivity contribution < 1.29 is 17.5 Å². The molecule has 1 aliphatic rings. The van der Waals surface area contributed by atoms with Crippen molar-refractivity contribution in [3.63, 3.8) is 0 Å². The molecule has 1 aliphatic heterocycles. The minimum Gasteiger partial charge on any atom is -0.381 e. The summed E-state index contributed by atoms with van der Waals surface area (Å²) in [5.74, 6) is -0.0573. The zero-order chi connectivity index (χ0) is 15.0. The molecule has 0 atom stereocenters. The van der Waals surface area contributed by atoms with E-state index in [9.17, 15) is 12.8 Å². The van der Waals surface area contributed by atoms with Gasteiger partial charge in [-0.25, -0.2) is 12.8 Å². The van der Waals surface area contributed by atoms with Gasteiger partial charge in [0.05, 0.1) is 0 Å². The third kappa shape index (κ3) is 3.07. The Bertz CT molecular complexity index is 766. The van der Waals surface area contributed by atoms with Gasteiger partial charge in [-0.2, -0.15) is 0 Å². The Morgan fingerprint density at radius 1 is 1.33 bits per heavy atom. The number of hydrogen-bond acceptors (Lipinski definition) is 3. The Balaban J connectivity index is 2.06. The van der Waals surface area contributed by atoms with Crippen LogP contribution in [0.4, 0.5) is 4.39 Å². The Labute approximate surface area is 126 Å². The van der Waals surface area contributed by atoms with Gasteiger partial charge in [-0.15, -0.1) is 0 Å². The summed E-state index contributed by atoms with van der Waals surface area (Å²) in [6.45, 7) is 2.12. The Morgan fingerprint density at radius 2 is 2.05 bits per heavy atom. The van der Waals surface area contributed by atoms with Crippen LogP contribution in [0.5, 0.6) is 0 Å². The minimum atomic E-state index is -3.91. The molecule has 0 N–H and O–H groups in total. The summed E-state index contributed by atoms with van der Waals surface area (Å²) in [6, 6.07) is 4.13. The van der Waals surface area contributed by atoms with E-state index in [1.807, 2.05) is 4.57 Å². The van der Waals surface area contributed by atoms with Gasteiger partial charge in [0, 0.05) is 47.5 Å². The molecule has 2 heterocycles. The number of hydrogen-bond donors (Lipinski definition) is 0. The van der Waals surface area contributed by atoms with Crippen LogP contribution in [0.25, 0.3) is 10.9 Å². The quantitative estimate of drug-likeness (QED) is 0.812. The van der Waals surface area contributed by atoms with Crippen molar-refractivity contribution in [3.8, 4) is 0 Å². The van der Waals surface area contributed by atoms with Gasteiger partial charge in [0.15, 0.2) is 0 Å². The van der Waals surface area contributed by atoms with E-state index in [4.69, 9.17) is 15.4 Å². The molecule has 0 radical (unpaired) electrons. The van der Waals surface area contributed by atoms with Gasteiger partial charge in [0.1, 0.15) is 10.7 Å². The molecule has 2 aromatic rings. The van der Waals surface area contributed by atoms with Crippen molar-refractivity contribution in [3.05, 3.63) is 30.2 Å². The summed E-state index contributed by atoms with van der Waals surface area (Å²) in [4.78, 5) is -0.0364. The number of nitrogens with zero attached hydrogens (tertiary/aromatic N) is 1. The van der Waals surface area contributed by atoms with E-state index in [2.05, 4.69) is 0 Å².